The molecule has 2 rings (SSSR count). The Morgan fingerprint density at radius 3 is 1.33 bits per heavy atom. The van der Waals surface area contributed by atoms with Crippen molar-refractivity contribution in [1.82, 2.24) is 0 Å². The van der Waals surface area contributed by atoms with Gasteiger partial charge in [-0.05, 0) is 11.1 Å². The maximum atomic E-state index is 9.99. The van der Waals surface area contributed by atoms with Crippen LogP contribution in [0.15, 0.2) is 60.7 Å². The summed E-state index contributed by atoms with van der Waals surface area (Å²) < 4.78 is 0. The third-order valence-corrected chi connectivity index (χ3v) is 2.23. The Bertz CT molecular complexity index is 346. The van der Waals surface area contributed by atoms with Gasteiger partial charge >= 0.3 is 37.7 Å². The number of hydrogen-bond acceptors (Lipinski definition) is 1. The molecule has 0 fully saturated rings. The molecule has 0 unspecified atom stereocenters. The molecule has 1 N–H and O–H groups in total. The van der Waals surface area contributed by atoms with Gasteiger partial charge in [0.2, 0.25) is 0 Å². The van der Waals surface area contributed by atoms with E-state index in [9.17, 15) is 5.11 Å². The summed E-state index contributed by atoms with van der Waals surface area (Å²) in [5.41, 5.74) is 1.86. The van der Waals surface area contributed by atoms with Crippen LogP contribution < -0.4 is 0 Å². The van der Waals surface area contributed by atoms with Crippen LogP contribution >= 0.6 is 0 Å². The molecular formula is C13H14CaO. The number of aliphatic hydroxyl groups excluding tert-OH is 1. The molecule has 2 aromatic carbocycles. The average Bonchev–Trinajstić information content (AvgIpc) is 2.30. The summed E-state index contributed by atoms with van der Waals surface area (Å²) in [5.74, 6) is 0. The Balaban J connectivity index is 0.00000112. The van der Waals surface area contributed by atoms with Crippen LogP contribution in [-0.2, 0) is 0 Å². The first-order chi connectivity index (χ1) is 6.88. The molecule has 15 heavy (non-hydrogen) atoms. The van der Waals surface area contributed by atoms with Gasteiger partial charge in [-0.1, -0.05) is 60.7 Å². The summed E-state index contributed by atoms with van der Waals surface area (Å²) in [5, 5.41) is 9.99. The van der Waals surface area contributed by atoms with Gasteiger partial charge in [-0.3, -0.25) is 0 Å². The Labute approximate surface area is 120 Å². The van der Waals surface area contributed by atoms with Crippen molar-refractivity contribution in [2.24, 2.45) is 0 Å². The molecule has 0 aliphatic heterocycles. The second kappa shape index (κ2) is 6.29. The normalized spacial score (nSPS) is 9.73. The third kappa shape index (κ3) is 3.32. The van der Waals surface area contributed by atoms with Gasteiger partial charge in [0.15, 0.2) is 0 Å². The summed E-state index contributed by atoms with van der Waals surface area (Å²) in [6.07, 6.45) is -0.516. The van der Waals surface area contributed by atoms with Crippen LogP contribution in [-0.4, -0.2) is 42.8 Å². The number of benzene rings is 2. The molecule has 0 radical (unpaired) electrons. The van der Waals surface area contributed by atoms with Crippen LogP contribution in [0.5, 0.6) is 0 Å². The van der Waals surface area contributed by atoms with Crippen molar-refractivity contribution in [2.75, 3.05) is 0 Å². The van der Waals surface area contributed by atoms with Gasteiger partial charge in [0.1, 0.15) is 6.10 Å². The van der Waals surface area contributed by atoms with E-state index < -0.39 is 6.10 Å². The molecular weight excluding hydrogens is 212 g/mol. The van der Waals surface area contributed by atoms with Crippen LogP contribution in [0.25, 0.3) is 0 Å². The van der Waals surface area contributed by atoms with E-state index in [1.165, 1.54) is 0 Å². The van der Waals surface area contributed by atoms with E-state index in [2.05, 4.69) is 0 Å². The first kappa shape index (κ1) is 12.7. The van der Waals surface area contributed by atoms with E-state index in [0.29, 0.717) is 0 Å². The first-order valence-corrected chi connectivity index (χ1v) is 4.66. The predicted molar refractivity (Wildman–Crippen MR) is 65.5 cm³/mol. The Hall–Kier alpha value is -0.340. The Morgan fingerprint density at radius 1 is 0.667 bits per heavy atom. The second-order valence-corrected chi connectivity index (χ2v) is 3.22. The van der Waals surface area contributed by atoms with E-state index >= 15 is 0 Å². The molecule has 0 saturated heterocycles. The summed E-state index contributed by atoms with van der Waals surface area (Å²) in [6, 6.07) is 19.3. The molecule has 74 valence electrons. The molecule has 0 saturated carbocycles. The Morgan fingerprint density at radius 2 is 1.00 bits per heavy atom. The fraction of sp³-hybridized carbons (Fsp3) is 0.0769. The van der Waals surface area contributed by atoms with Crippen molar-refractivity contribution in [3.63, 3.8) is 0 Å². The van der Waals surface area contributed by atoms with Crippen LogP contribution in [0.4, 0.5) is 0 Å². The molecule has 0 spiro atoms. The Kier molecular flexibility index (Phi) is 5.34. The molecule has 0 atom stereocenters. The zero-order chi connectivity index (χ0) is 9.80. The van der Waals surface area contributed by atoms with Gasteiger partial charge in [0.25, 0.3) is 0 Å². The molecule has 0 aliphatic rings. The standard InChI is InChI=1S/C13H12O.Ca.2H/c14-13(11-7-3-1-4-8-11)12-9-5-2-6-10-12;;;/h1-10,13-14H;;;. The zero-order valence-electron chi connectivity index (χ0n) is 7.80. The first-order valence-electron chi connectivity index (χ1n) is 4.66. The van der Waals surface area contributed by atoms with Gasteiger partial charge in [0.05, 0.1) is 0 Å². The quantitative estimate of drug-likeness (QED) is 0.775. The number of rotatable bonds is 2. The fourth-order valence-corrected chi connectivity index (χ4v) is 1.46. The molecule has 0 aromatic heterocycles. The van der Waals surface area contributed by atoms with E-state index in [1.54, 1.807) is 0 Å². The minimum atomic E-state index is -0.516. The summed E-state index contributed by atoms with van der Waals surface area (Å²) in [7, 11) is 0. The minimum absolute atomic E-state index is 0. The van der Waals surface area contributed by atoms with E-state index in [4.69, 9.17) is 0 Å². The molecule has 2 heteroatoms. The molecule has 0 aliphatic carbocycles. The van der Waals surface area contributed by atoms with Crippen LogP contribution in [0.2, 0.25) is 0 Å². The maximum absolute atomic E-state index is 9.99. The van der Waals surface area contributed by atoms with Crippen molar-refractivity contribution < 1.29 is 5.11 Å². The van der Waals surface area contributed by atoms with Crippen molar-refractivity contribution in [1.29, 1.82) is 0 Å². The van der Waals surface area contributed by atoms with E-state index in [0.717, 1.165) is 11.1 Å². The van der Waals surface area contributed by atoms with Crippen molar-refractivity contribution in [3.05, 3.63) is 71.8 Å². The monoisotopic (exact) mass is 226 g/mol. The van der Waals surface area contributed by atoms with Crippen molar-refractivity contribution >= 4 is 37.7 Å². The van der Waals surface area contributed by atoms with Gasteiger partial charge < -0.3 is 5.11 Å². The molecule has 1 nitrogen and oxygen atoms in total. The fourth-order valence-electron chi connectivity index (χ4n) is 1.46. The van der Waals surface area contributed by atoms with Gasteiger partial charge in [-0.15, -0.1) is 0 Å². The van der Waals surface area contributed by atoms with Gasteiger partial charge in [0, 0.05) is 0 Å². The second-order valence-electron chi connectivity index (χ2n) is 3.22. The zero-order valence-corrected chi connectivity index (χ0v) is 7.80. The van der Waals surface area contributed by atoms with Crippen molar-refractivity contribution in [2.45, 2.75) is 6.10 Å². The number of aliphatic hydroxyl groups is 1. The summed E-state index contributed by atoms with van der Waals surface area (Å²) >= 11 is 0. The summed E-state index contributed by atoms with van der Waals surface area (Å²) in [6.45, 7) is 0. The third-order valence-electron chi connectivity index (χ3n) is 2.23. The van der Waals surface area contributed by atoms with Gasteiger partial charge in [-0.2, -0.15) is 0 Å². The average molecular weight is 226 g/mol. The van der Waals surface area contributed by atoms with Gasteiger partial charge in [-0.25, -0.2) is 0 Å². The van der Waals surface area contributed by atoms with Crippen LogP contribution in [0, 0.1) is 0 Å². The molecule has 0 amide bonds. The SMILES string of the molecule is OC(c1ccccc1)c1ccccc1.[CaH2]. The molecule has 2 aromatic rings. The van der Waals surface area contributed by atoms with E-state index in [-0.39, 0.29) is 37.7 Å². The van der Waals surface area contributed by atoms with Crippen LogP contribution in [0.1, 0.15) is 17.2 Å². The van der Waals surface area contributed by atoms with Crippen molar-refractivity contribution in [3.8, 4) is 0 Å². The summed E-state index contributed by atoms with van der Waals surface area (Å²) in [4.78, 5) is 0. The number of hydrogen-bond donors (Lipinski definition) is 1. The van der Waals surface area contributed by atoms with Crippen LogP contribution in [0.3, 0.4) is 0 Å². The molecule has 0 bridgehead atoms. The molecule has 0 heterocycles. The topological polar surface area (TPSA) is 20.2 Å². The van der Waals surface area contributed by atoms with E-state index in [1.807, 2.05) is 60.7 Å². The predicted octanol–water partition coefficient (Wildman–Crippen LogP) is 1.85.